The van der Waals surface area contributed by atoms with E-state index in [1.807, 2.05) is 41.3 Å². The lowest BCUT2D eigenvalue weighted by atomic mass is 10.1. The molecule has 0 aliphatic heterocycles. The molecule has 21 heavy (non-hydrogen) atoms. The summed E-state index contributed by atoms with van der Waals surface area (Å²) in [7, 11) is 0. The fourth-order valence-electron chi connectivity index (χ4n) is 2.21. The van der Waals surface area contributed by atoms with Gasteiger partial charge in [0.1, 0.15) is 5.82 Å². The smallest absolute Gasteiger partial charge is 0.126 e. The van der Waals surface area contributed by atoms with E-state index in [-0.39, 0.29) is 0 Å². The zero-order valence-electron chi connectivity index (χ0n) is 11.8. The number of nitriles is 1. The van der Waals surface area contributed by atoms with Gasteiger partial charge >= 0.3 is 0 Å². The van der Waals surface area contributed by atoms with Crippen LogP contribution in [0.2, 0.25) is 0 Å². The first-order valence-electron chi connectivity index (χ1n) is 6.92. The molecule has 0 radical (unpaired) electrons. The number of rotatable bonds is 6. The van der Waals surface area contributed by atoms with E-state index >= 15 is 0 Å². The number of hydrogen-bond donors (Lipinski definition) is 1. The molecule has 3 nitrogen and oxygen atoms in total. The maximum atomic E-state index is 13.6. The second-order valence-electron chi connectivity index (χ2n) is 4.86. The van der Waals surface area contributed by atoms with Crippen molar-refractivity contribution in [1.29, 1.82) is 5.26 Å². The van der Waals surface area contributed by atoms with Crippen molar-refractivity contribution in [2.24, 2.45) is 5.73 Å². The van der Waals surface area contributed by atoms with Crippen LogP contribution in [-0.2, 0) is 6.54 Å². The Bertz CT molecular complexity index is 620. The van der Waals surface area contributed by atoms with E-state index in [4.69, 9.17) is 11.0 Å². The summed E-state index contributed by atoms with van der Waals surface area (Å²) in [6, 6.07) is 16.4. The molecule has 0 atom stereocenters. The molecule has 0 aromatic heterocycles. The average Bonchev–Trinajstić information content (AvgIpc) is 2.51. The van der Waals surface area contributed by atoms with Gasteiger partial charge in [0.05, 0.1) is 11.6 Å². The molecule has 0 saturated carbocycles. The Kier molecular flexibility index (Phi) is 5.30. The van der Waals surface area contributed by atoms with Gasteiger partial charge < -0.3 is 10.6 Å². The highest BCUT2D eigenvalue weighted by Gasteiger charge is 2.10. The molecule has 0 spiro atoms. The van der Waals surface area contributed by atoms with Gasteiger partial charge in [-0.25, -0.2) is 4.39 Å². The molecule has 4 heteroatoms. The van der Waals surface area contributed by atoms with Crippen LogP contribution in [0.1, 0.15) is 17.5 Å². The summed E-state index contributed by atoms with van der Waals surface area (Å²) in [5.74, 6) is -0.394. The van der Waals surface area contributed by atoms with E-state index < -0.39 is 5.82 Å². The van der Waals surface area contributed by atoms with Gasteiger partial charge in [0.25, 0.3) is 0 Å². The molecule has 0 heterocycles. The normalized spacial score (nSPS) is 10.1. The highest BCUT2D eigenvalue weighted by molar-refractivity contribution is 5.52. The van der Waals surface area contributed by atoms with Crippen molar-refractivity contribution in [3.05, 3.63) is 65.5 Å². The monoisotopic (exact) mass is 283 g/mol. The zero-order chi connectivity index (χ0) is 15.1. The Balaban J connectivity index is 2.27. The van der Waals surface area contributed by atoms with Gasteiger partial charge in [-0.2, -0.15) is 5.26 Å². The number of benzene rings is 2. The summed E-state index contributed by atoms with van der Waals surface area (Å²) >= 11 is 0. The van der Waals surface area contributed by atoms with Crippen molar-refractivity contribution in [3.63, 3.8) is 0 Å². The van der Waals surface area contributed by atoms with Crippen molar-refractivity contribution in [2.75, 3.05) is 18.0 Å². The van der Waals surface area contributed by atoms with Gasteiger partial charge in [-0.3, -0.25) is 0 Å². The topological polar surface area (TPSA) is 53.0 Å². The first-order valence-corrected chi connectivity index (χ1v) is 6.92. The number of hydrogen-bond acceptors (Lipinski definition) is 3. The molecular weight excluding hydrogens is 265 g/mol. The zero-order valence-corrected chi connectivity index (χ0v) is 11.8. The Hall–Kier alpha value is -2.38. The molecule has 2 rings (SSSR count). The van der Waals surface area contributed by atoms with E-state index in [1.165, 1.54) is 12.1 Å². The molecule has 0 saturated heterocycles. The van der Waals surface area contributed by atoms with Gasteiger partial charge in [-0.15, -0.1) is 0 Å². The molecular formula is C17H18FN3. The van der Waals surface area contributed by atoms with E-state index in [1.54, 1.807) is 6.07 Å². The van der Waals surface area contributed by atoms with Gasteiger partial charge in [-0.1, -0.05) is 30.3 Å². The van der Waals surface area contributed by atoms with Crippen molar-refractivity contribution in [3.8, 4) is 6.07 Å². The lowest BCUT2D eigenvalue weighted by molar-refractivity contribution is 0.625. The minimum Gasteiger partial charge on any atom is -0.367 e. The van der Waals surface area contributed by atoms with Crippen LogP contribution in [-0.4, -0.2) is 13.1 Å². The third-order valence-electron chi connectivity index (χ3n) is 3.23. The third kappa shape index (κ3) is 4.30. The summed E-state index contributed by atoms with van der Waals surface area (Å²) in [5, 5.41) is 8.98. The van der Waals surface area contributed by atoms with Crippen LogP contribution < -0.4 is 10.6 Å². The maximum absolute atomic E-state index is 13.6. The van der Waals surface area contributed by atoms with Crippen LogP contribution >= 0.6 is 0 Å². The van der Waals surface area contributed by atoms with Gasteiger partial charge in [0.15, 0.2) is 0 Å². The van der Waals surface area contributed by atoms with Crippen LogP contribution in [0.4, 0.5) is 10.1 Å². The van der Waals surface area contributed by atoms with Gasteiger partial charge in [-0.05, 0) is 36.7 Å². The van der Waals surface area contributed by atoms with Crippen molar-refractivity contribution >= 4 is 5.69 Å². The highest BCUT2D eigenvalue weighted by atomic mass is 19.1. The summed E-state index contributed by atoms with van der Waals surface area (Å²) in [6.45, 7) is 1.96. The number of anilines is 1. The largest absolute Gasteiger partial charge is 0.367 e. The lowest BCUT2D eigenvalue weighted by Crippen LogP contribution is -2.25. The summed E-state index contributed by atoms with van der Waals surface area (Å²) in [5.41, 5.74) is 7.76. The van der Waals surface area contributed by atoms with Crippen LogP contribution in [0.5, 0.6) is 0 Å². The molecule has 108 valence electrons. The van der Waals surface area contributed by atoms with E-state index in [2.05, 4.69) is 0 Å². The highest BCUT2D eigenvalue weighted by Crippen LogP contribution is 2.21. The number of nitrogens with zero attached hydrogens (tertiary/aromatic N) is 2. The average molecular weight is 283 g/mol. The summed E-state index contributed by atoms with van der Waals surface area (Å²) in [6.07, 6.45) is 0.811. The predicted molar refractivity (Wildman–Crippen MR) is 82.3 cm³/mol. The summed E-state index contributed by atoms with van der Waals surface area (Å²) < 4.78 is 13.6. The molecule has 2 aromatic carbocycles. The van der Waals surface area contributed by atoms with Crippen LogP contribution in [0, 0.1) is 17.1 Å². The van der Waals surface area contributed by atoms with Crippen LogP contribution in [0.15, 0.2) is 48.5 Å². The third-order valence-corrected chi connectivity index (χ3v) is 3.23. The quantitative estimate of drug-likeness (QED) is 0.886. The Morgan fingerprint density at radius 2 is 1.90 bits per heavy atom. The van der Waals surface area contributed by atoms with E-state index in [0.29, 0.717) is 24.3 Å². The minimum absolute atomic E-state index is 0.329. The van der Waals surface area contributed by atoms with Crippen molar-refractivity contribution in [1.82, 2.24) is 0 Å². The Morgan fingerprint density at radius 3 is 2.57 bits per heavy atom. The van der Waals surface area contributed by atoms with Gasteiger partial charge in [0, 0.05) is 18.8 Å². The fraction of sp³-hybridized carbons (Fsp3) is 0.235. The SMILES string of the molecule is N#Cc1cc(F)cc(N(CCCN)Cc2ccccc2)c1. The second-order valence-corrected chi connectivity index (χ2v) is 4.86. The molecule has 0 aliphatic rings. The van der Waals surface area contributed by atoms with E-state index in [0.717, 1.165) is 18.5 Å². The van der Waals surface area contributed by atoms with Gasteiger partial charge in [0.2, 0.25) is 0 Å². The fourth-order valence-corrected chi connectivity index (χ4v) is 2.21. The van der Waals surface area contributed by atoms with Crippen molar-refractivity contribution < 1.29 is 4.39 Å². The lowest BCUT2D eigenvalue weighted by Gasteiger charge is -2.25. The molecule has 0 unspecified atom stereocenters. The standard InChI is InChI=1S/C17H18FN3/c18-16-9-15(12-20)10-17(11-16)21(8-4-7-19)13-14-5-2-1-3-6-14/h1-3,5-6,9-11H,4,7-8,13,19H2. The van der Waals surface area contributed by atoms with E-state index in [9.17, 15) is 4.39 Å². The number of nitrogens with two attached hydrogens (primary N) is 1. The molecule has 0 aliphatic carbocycles. The first kappa shape index (κ1) is 15.0. The van der Waals surface area contributed by atoms with Crippen LogP contribution in [0.3, 0.4) is 0 Å². The number of halogens is 1. The Labute approximate surface area is 124 Å². The molecule has 0 amide bonds. The summed E-state index contributed by atoms with van der Waals surface area (Å²) in [4.78, 5) is 2.05. The second kappa shape index (κ2) is 7.41. The molecule has 2 aromatic rings. The Morgan fingerprint density at radius 1 is 1.14 bits per heavy atom. The van der Waals surface area contributed by atoms with Crippen molar-refractivity contribution in [2.45, 2.75) is 13.0 Å². The predicted octanol–water partition coefficient (Wildman–Crippen LogP) is 3.05. The molecule has 2 N–H and O–H groups in total. The minimum atomic E-state index is -0.394. The molecule has 0 bridgehead atoms. The van der Waals surface area contributed by atoms with Crippen LogP contribution in [0.25, 0.3) is 0 Å². The molecule has 0 fully saturated rings. The maximum Gasteiger partial charge on any atom is 0.126 e. The first-order chi connectivity index (χ1) is 10.2.